The van der Waals surface area contributed by atoms with Gasteiger partial charge in [0.05, 0.1) is 25.4 Å². The van der Waals surface area contributed by atoms with Crippen LogP contribution in [0.4, 0.5) is 13.2 Å². The quantitative estimate of drug-likeness (QED) is 0.430. The zero-order valence-corrected chi connectivity index (χ0v) is 9.84. The van der Waals surface area contributed by atoms with Gasteiger partial charge in [0, 0.05) is 13.5 Å². The minimum absolute atomic E-state index is 0.0701. The molecule has 0 saturated heterocycles. The molecule has 0 radical (unpaired) electrons. The zero-order chi connectivity index (χ0) is 13.5. The fourth-order valence-corrected chi connectivity index (χ4v) is 1.29. The van der Waals surface area contributed by atoms with Gasteiger partial charge >= 0.3 is 0 Å². The van der Waals surface area contributed by atoms with E-state index in [4.69, 9.17) is 9.47 Å². The Labute approximate surface area is 103 Å². The number of methoxy groups -OCH3 is 1. The van der Waals surface area contributed by atoms with Crippen molar-refractivity contribution in [1.82, 2.24) is 0 Å². The Hall–Kier alpha value is -1.40. The molecule has 0 aliphatic carbocycles. The van der Waals surface area contributed by atoms with Crippen molar-refractivity contribution in [3.05, 3.63) is 35.1 Å². The number of ether oxygens (including phenoxy) is 2. The second kappa shape index (κ2) is 7.13. The van der Waals surface area contributed by atoms with Crippen LogP contribution in [0.1, 0.15) is 16.8 Å². The van der Waals surface area contributed by atoms with E-state index < -0.39 is 28.8 Å². The van der Waals surface area contributed by atoms with E-state index in [9.17, 15) is 18.0 Å². The first-order valence-corrected chi connectivity index (χ1v) is 5.31. The predicted molar refractivity (Wildman–Crippen MR) is 58.0 cm³/mol. The van der Waals surface area contributed by atoms with Crippen molar-refractivity contribution in [2.24, 2.45) is 0 Å². The van der Waals surface area contributed by atoms with E-state index in [2.05, 4.69) is 0 Å². The zero-order valence-electron chi connectivity index (χ0n) is 9.84. The lowest BCUT2D eigenvalue weighted by Crippen LogP contribution is -2.10. The van der Waals surface area contributed by atoms with Gasteiger partial charge in [-0.25, -0.2) is 13.2 Å². The fourth-order valence-electron chi connectivity index (χ4n) is 1.29. The maximum Gasteiger partial charge on any atom is 0.195 e. The number of carbonyl (C=O) groups excluding carboxylic acids is 1. The van der Waals surface area contributed by atoms with Crippen molar-refractivity contribution in [3.8, 4) is 0 Å². The summed E-state index contributed by atoms with van der Waals surface area (Å²) in [5.74, 6) is -5.05. The third kappa shape index (κ3) is 3.82. The molecule has 0 saturated carbocycles. The topological polar surface area (TPSA) is 35.5 Å². The number of halogens is 3. The van der Waals surface area contributed by atoms with Gasteiger partial charge in [-0.2, -0.15) is 0 Å². The first-order valence-electron chi connectivity index (χ1n) is 5.31. The fraction of sp³-hybridized carbons (Fsp3) is 0.417. The molecule has 0 aliphatic rings. The van der Waals surface area contributed by atoms with Crippen molar-refractivity contribution in [2.75, 3.05) is 26.9 Å². The van der Waals surface area contributed by atoms with Gasteiger partial charge in [-0.1, -0.05) is 0 Å². The number of carbonyl (C=O) groups is 1. The molecular weight excluding hydrogens is 249 g/mol. The third-order valence-corrected chi connectivity index (χ3v) is 2.24. The van der Waals surface area contributed by atoms with E-state index in [1.54, 1.807) is 0 Å². The van der Waals surface area contributed by atoms with Gasteiger partial charge in [0.15, 0.2) is 23.2 Å². The Kier molecular flexibility index (Phi) is 5.80. The van der Waals surface area contributed by atoms with E-state index in [0.29, 0.717) is 13.2 Å². The minimum atomic E-state index is -1.64. The third-order valence-electron chi connectivity index (χ3n) is 2.24. The molecule has 6 heteroatoms. The molecule has 18 heavy (non-hydrogen) atoms. The predicted octanol–water partition coefficient (Wildman–Crippen LogP) is 2.34. The van der Waals surface area contributed by atoms with Crippen molar-refractivity contribution in [1.29, 1.82) is 0 Å². The first kappa shape index (κ1) is 14.7. The summed E-state index contributed by atoms with van der Waals surface area (Å²) in [5.41, 5.74) is -0.468. The first-order chi connectivity index (χ1) is 8.57. The number of Topliss-reactive ketones (excluding diaryl/α,β-unsaturated/α-hetero) is 1. The molecule has 1 aromatic rings. The van der Waals surface area contributed by atoms with Gasteiger partial charge < -0.3 is 9.47 Å². The van der Waals surface area contributed by atoms with Gasteiger partial charge in [-0.15, -0.1) is 0 Å². The maximum absolute atomic E-state index is 13.2. The highest BCUT2D eigenvalue weighted by Crippen LogP contribution is 2.16. The van der Waals surface area contributed by atoms with Crippen molar-refractivity contribution < 1.29 is 27.4 Å². The van der Waals surface area contributed by atoms with E-state index in [0.717, 1.165) is 12.1 Å². The molecule has 0 fully saturated rings. The van der Waals surface area contributed by atoms with Gasteiger partial charge in [-0.3, -0.25) is 4.79 Å². The van der Waals surface area contributed by atoms with Crippen molar-refractivity contribution in [3.63, 3.8) is 0 Å². The van der Waals surface area contributed by atoms with E-state index >= 15 is 0 Å². The molecule has 0 N–H and O–H groups in total. The Balaban J connectivity index is 2.54. The maximum atomic E-state index is 13.2. The average Bonchev–Trinajstić information content (AvgIpc) is 2.35. The highest BCUT2D eigenvalue weighted by Gasteiger charge is 2.18. The molecule has 100 valence electrons. The summed E-state index contributed by atoms with van der Waals surface area (Å²) < 4.78 is 48.5. The summed E-state index contributed by atoms with van der Waals surface area (Å²) in [6.07, 6.45) is -0.105. The van der Waals surface area contributed by atoms with Gasteiger partial charge in [-0.05, 0) is 12.1 Å². The molecule has 0 amide bonds. The molecule has 1 rings (SSSR count). The number of hydrogen-bond acceptors (Lipinski definition) is 3. The highest BCUT2D eigenvalue weighted by atomic mass is 19.2. The number of hydrogen-bond donors (Lipinski definition) is 0. The van der Waals surface area contributed by atoms with Crippen LogP contribution in [0.2, 0.25) is 0 Å². The van der Waals surface area contributed by atoms with E-state index in [-0.39, 0.29) is 13.0 Å². The SMILES string of the molecule is COCCOCCC(=O)c1ccc(F)c(F)c1F. The van der Waals surface area contributed by atoms with Crippen LogP contribution in [0.25, 0.3) is 0 Å². The molecule has 0 aliphatic heterocycles. The molecule has 0 atom stereocenters. The number of benzene rings is 1. The Morgan fingerprint density at radius 1 is 1.11 bits per heavy atom. The van der Waals surface area contributed by atoms with Crippen molar-refractivity contribution >= 4 is 5.78 Å². The average molecular weight is 262 g/mol. The molecule has 3 nitrogen and oxygen atoms in total. The van der Waals surface area contributed by atoms with Crippen LogP contribution in [0.5, 0.6) is 0 Å². The summed E-state index contributed by atoms with van der Waals surface area (Å²) in [7, 11) is 1.51. The molecule has 0 heterocycles. The molecule has 0 unspecified atom stereocenters. The lowest BCUT2D eigenvalue weighted by Gasteiger charge is -2.05. The number of ketones is 1. The molecular formula is C12H13F3O3. The second-order valence-electron chi connectivity index (χ2n) is 3.50. The molecule has 1 aromatic carbocycles. The lowest BCUT2D eigenvalue weighted by molar-refractivity contribution is 0.0639. The molecule has 0 aromatic heterocycles. The van der Waals surface area contributed by atoms with Crippen LogP contribution in [-0.2, 0) is 9.47 Å². The highest BCUT2D eigenvalue weighted by molar-refractivity contribution is 5.96. The summed E-state index contributed by atoms with van der Waals surface area (Å²) in [6.45, 7) is 0.762. The summed E-state index contributed by atoms with van der Waals surface area (Å²) >= 11 is 0. The standard InChI is InChI=1S/C12H13F3O3/c1-17-6-7-18-5-4-10(16)8-2-3-9(13)12(15)11(8)14/h2-3H,4-7H2,1H3. The normalized spacial score (nSPS) is 10.7. The Morgan fingerprint density at radius 3 is 2.50 bits per heavy atom. The van der Waals surface area contributed by atoms with Crippen LogP contribution in [0, 0.1) is 17.5 Å². The van der Waals surface area contributed by atoms with Gasteiger partial charge in [0.2, 0.25) is 0 Å². The lowest BCUT2D eigenvalue weighted by atomic mass is 10.1. The van der Waals surface area contributed by atoms with Gasteiger partial charge in [0.1, 0.15) is 0 Å². The summed E-state index contributed by atoms with van der Waals surface area (Å²) in [5, 5.41) is 0. The van der Waals surface area contributed by atoms with Crippen molar-refractivity contribution in [2.45, 2.75) is 6.42 Å². The molecule has 0 spiro atoms. The smallest absolute Gasteiger partial charge is 0.195 e. The largest absolute Gasteiger partial charge is 0.382 e. The van der Waals surface area contributed by atoms with E-state index in [1.165, 1.54) is 7.11 Å². The van der Waals surface area contributed by atoms with Crippen LogP contribution in [0.3, 0.4) is 0 Å². The Bertz CT molecular complexity index is 421. The Morgan fingerprint density at radius 2 is 1.83 bits per heavy atom. The van der Waals surface area contributed by atoms with Crippen LogP contribution in [-0.4, -0.2) is 32.7 Å². The van der Waals surface area contributed by atoms with Crippen LogP contribution in [0.15, 0.2) is 12.1 Å². The number of rotatable bonds is 7. The second-order valence-corrected chi connectivity index (χ2v) is 3.50. The molecule has 0 bridgehead atoms. The monoisotopic (exact) mass is 262 g/mol. The summed E-state index contributed by atoms with van der Waals surface area (Å²) in [4.78, 5) is 11.5. The van der Waals surface area contributed by atoms with Gasteiger partial charge in [0.25, 0.3) is 0 Å². The summed E-state index contributed by atoms with van der Waals surface area (Å²) in [6, 6.07) is 1.64. The van der Waals surface area contributed by atoms with Crippen LogP contribution >= 0.6 is 0 Å². The minimum Gasteiger partial charge on any atom is -0.382 e. The van der Waals surface area contributed by atoms with E-state index in [1.807, 2.05) is 0 Å². The van der Waals surface area contributed by atoms with Crippen LogP contribution < -0.4 is 0 Å².